The Morgan fingerprint density at radius 1 is 1.60 bits per heavy atom. The lowest BCUT2D eigenvalue weighted by Crippen LogP contribution is -2.33. The Labute approximate surface area is 67.5 Å². The lowest BCUT2D eigenvalue weighted by atomic mass is 10.2. The van der Waals surface area contributed by atoms with Gasteiger partial charge < -0.3 is 5.73 Å². The molecule has 0 aliphatic heterocycles. The van der Waals surface area contributed by atoms with Gasteiger partial charge >= 0.3 is 0 Å². The van der Waals surface area contributed by atoms with Gasteiger partial charge in [-0.15, -0.1) is 23.2 Å². The van der Waals surface area contributed by atoms with E-state index in [1.807, 2.05) is 0 Å². The van der Waals surface area contributed by atoms with Gasteiger partial charge in [0.2, 0.25) is 5.78 Å². The summed E-state index contributed by atoms with van der Waals surface area (Å²) in [4.78, 5) is 19.8. The van der Waals surface area contributed by atoms with Gasteiger partial charge in [0.1, 0.15) is 4.87 Å². The molecular formula is C5H5Cl2NO2. The van der Waals surface area contributed by atoms with Gasteiger partial charge in [-0.3, -0.25) is 9.59 Å². The van der Waals surface area contributed by atoms with Crippen molar-refractivity contribution in [1.29, 1.82) is 0 Å². The summed E-state index contributed by atoms with van der Waals surface area (Å²) in [6.45, 7) is 0. The predicted molar refractivity (Wildman–Crippen MR) is 37.0 cm³/mol. The van der Waals surface area contributed by atoms with Crippen molar-refractivity contribution >= 4 is 34.9 Å². The van der Waals surface area contributed by atoms with Gasteiger partial charge in [0.15, 0.2) is 0 Å². The molecule has 0 aromatic carbocycles. The van der Waals surface area contributed by atoms with Gasteiger partial charge in [-0.2, -0.15) is 0 Å². The zero-order valence-corrected chi connectivity index (χ0v) is 6.45. The van der Waals surface area contributed by atoms with Crippen molar-refractivity contribution in [2.45, 2.75) is 16.7 Å². The predicted octanol–water partition coefficient (Wildman–Crippen LogP) is 0.0295. The van der Waals surface area contributed by atoms with Crippen LogP contribution in [-0.4, -0.2) is 21.9 Å². The Balaban J connectivity index is 2.68. The summed E-state index contributed by atoms with van der Waals surface area (Å²) in [6, 6.07) is 0. The average molecular weight is 182 g/mol. The standard InChI is InChI=1S/C5H5Cl2NO2/c6-2-1-5(2,7)3(9)4(8)10/h2H,1H2,(H2,8,10). The third-order valence-electron chi connectivity index (χ3n) is 1.41. The highest BCUT2D eigenvalue weighted by molar-refractivity contribution is 6.57. The van der Waals surface area contributed by atoms with Crippen LogP contribution in [0.15, 0.2) is 0 Å². The van der Waals surface area contributed by atoms with Gasteiger partial charge in [-0.25, -0.2) is 0 Å². The molecule has 10 heavy (non-hydrogen) atoms. The molecule has 1 aliphatic rings. The monoisotopic (exact) mass is 181 g/mol. The molecule has 5 heteroatoms. The minimum absolute atomic E-state index is 0.331. The van der Waals surface area contributed by atoms with E-state index >= 15 is 0 Å². The molecule has 56 valence electrons. The van der Waals surface area contributed by atoms with E-state index < -0.39 is 21.9 Å². The van der Waals surface area contributed by atoms with E-state index in [0.717, 1.165) is 0 Å². The highest BCUT2D eigenvalue weighted by Gasteiger charge is 2.59. The van der Waals surface area contributed by atoms with Crippen LogP contribution in [0.5, 0.6) is 0 Å². The van der Waals surface area contributed by atoms with Crippen LogP contribution in [0.4, 0.5) is 0 Å². The highest BCUT2D eigenvalue weighted by atomic mass is 35.5. The molecular weight excluding hydrogens is 177 g/mol. The van der Waals surface area contributed by atoms with Crippen molar-refractivity contribution in [2.24, 2.45) is 5.73 Å². The molecule has 0 bridgehead atoms. The summed E-state index contributed by atoms with van der Waals surface area (Å²) < 4.78 is 0. The summed E-state index contributed by atoms with van der Waals surface area (Å²) in [6.07, 6.45) is 0.331. The maximum Gasteiger partial charge on any atom is 0.286 e. The summed E-state index contributed by atoms with van der Waals surface area (Å²) in [5.74, 6) is -1.80. The Hall–Kier alpha value is -0.280. The number of carbonyl (C=O) groups is 2. The Kier molecular flexibility index (Phi) is 1.65. The number of nitrogens with two attached hydrogens (primary N) is 1. The first-order valence-electron chi connectivity index (χ1n) is 2.65. The fourth-order valence-electron chi connectivity index (χ4n) is 0.642. The molecule has 0 aromatic heterocycles. The number of ketones is 1. The molecule has 1 saturated carbocycles. The minimum Gasteiger partial charge on any atom is -0.363 e. The van der Waals surface area contributed by atoms with Crippen LogP contribution in [0, 0.1) is 0 Å². The van der Waals surface area contributed by atoms with Crippen molar-refractivity contribution in [1.82, 2.24) is 0 Å². The molecule has 3 nitrogen and oxygen atoms in total. The lowest BCUT2D eigenvalue weighted by Gasteiger charge is -1.98. The molecule has 0 aromatic rings. The molecule has 1 amide bonds. The molecule has 0 radical (unpaired) electrons. The van der Waals surface area contributed by atoms with Crippen molar-refractivity contribution in [2.75, 3.05) is 0 Å². The fourth-order valence-corrected chi connectivity index (χ4v) is 1.31. The van der Waals surface area contributed by atoms with Crippen molar-refractivity contribution in [3.05, 3.63) is 0 Å². The quantitative estimate of drug-likeness (QED) is 0.483. The number of hydrogen-bond donors (Lipinski definition) is 1. The van der Waals surface area contributed by atoms with Gasteiger partial charge in [0.05, 0.1) is 5.38 Å². The number of Topliss-reactive ketones (excluding diaryl/α,β-unsaturated/α-hetero) is 1. The van der Waals surface area contributed by atoms with E-state index in [9.17, 15) is 9.59 Å². The summed E-state index contributed by atoms with van der Waals surface area (Å²) >= 11 is 11.0. The van der Waals surface area contributed by atoms with Crippen LogP contribution in [-0.2, 0) is 9.59 Å². The van der Waals surface area contributed by atoms with E-state index in [4.69, 9.17) is 28.9 Å². The van der Waals surface area contributed by atoms with E-state index in [0.29, 0.717) is 6.42 Å². The van der Waals surface area contributed by atoms with E-state index in [1.54, 1.807) is 0 Å². The van der Waals surface area contributed by atoms with Gasteiger partial charge in [-0.05, 0) is 6.42 Å². The normalized spacial score (nSPS) is 37.2. The van der Waals surface area contributed by atoms with Crippen LogP contribution in [0.25, 0.3) is 0 Å². The topological polar surface area (TPSA) is 60.2 Å². The number of hydrogen-bond acceptors (Lipinski definition) is 2. The molecule has 2 unspecified atom stereocenters. The summed E-state index contributed by atoms with van der Waals surface area (Å²) in [5.41, 5.74) is 4.69. The maximum absolute atomic E-state index is 10.7. The number of rotatable bonds is 2. The third kappa shape index (κ3) is 0.995. The maximum atomic E-state index is 10.7. The first-order valence-corrected chi connectivity index (χ1v) is 3.47. The number of amides is 1. The van der Waals surface area contributed by atoms with Crippen molar-refractivity contribution in [3.8, 4) is 0 Å². The van der Waals surface area contributed by atoms with E-state index in [-0.39, 0.29) is 0 Å². The van der Waals surface area contributed by atoms with Crippen molar-refractivity contribution in [3.63, 3.8) is 0 Å². The molecule has 1 aliphatic carbocycles. The second-order valence-corrected chi connectivity index (χ2v) is 3.43. The van der Waals surface area contributed by atoms with Crippen molar-refractivity contribution < 1.29 is 9.59 Å². The number of halogens is 2. The molecule has 2 N–H and O–H groups in total. The second kappa shape index (κ2) is 2.10. The molecule has 0 spiro atoms. The molecule has 1 rings (SSSR count). The van der Waals surface area contributed by atoms with Gasteiger partial charge in [-0.1, -0.05) is 0 Å². The van der Waals surface area contributed by atoms with Crippen LogP contribution in [0.1, 0.15) is 6.42 Å². The molecule has 1 fully saturated rings. The third-order valence-corrected chi connectivity index (χ3v) is 2.64. The van der Waals surface area contributed by atoms with Gasteiger partial charge in [0.25, 0.3) is 5.91 Å². The number of primary amides is 1. The Morgan fingerprint density at radius 2 is 2.00 bits per heavy atom. The zero-order valence-electron chi connectivity index (χ0n) is 4.93. The largest absolute Gasteiger partial charge is 0.363 e. The molecule has 0 saturated heterocycles. The SMILES string of the molecule is NC(=O)C(=O)C1(Cl)CC1Cl. The average Bonchev–Trinajstić information content (AvgIpc) is 2.41. The lowest BCUT2D eigenvalue weighted by molar-refractivity contribution is -0.136. The van der Waals surface area contributed by atoms with E-state index in [1.165, 1.54) is 0 Å². The number of carbonyl (C=O) groups excluding carboxylic acids is 2. The van der Waals surface area contributed by atoms with Crippen LogP contribution < -0.4 is 5.73 Å². The Bertz CT molecular complexity index is 206. The minimum atomic E-state index is -1.19. The molecule has 0 heterocycles. The summed E-state index contributed by atoms with van der Waals surface area (Å²) in [7, 11) is 0. The summed E-state index contributed by atoms with van der Waals surface area (Å²) in [5, 5.41) is -0.436. The highest BCUT2D eigenvalue weighted by Crippen LogP contribution is 2.47. The smallest absolute Gasteiger partial charge is 0.286 e. The van der Waals surface area contributed by atoms with Gasteiger partial charge in [0, 0.05) is 0 Å². The molecule has 2 atom stereocenters. The number of alkyl halides is 2. The first-order chi connectivity index (χ1) is 4.48. The zero-order chi connectivity index (χ0) is 7.94. The van der Waals surface area contributed by atoms with Crippen LogP contribution >= 0.6 is 23.2 Å². The van der Waals surface area contributed by atoms with E-state index in [2.05, 4.69) is 0 Å². The van der Waals surface area contributed by atoms with Crippen LogP contribution in [0.3, 0.4) is 0 Å². The fraction of sp³-hybridized carbons (Fsp3) is 0.600. The first kappa shape index (κ1) is 7.82. The Morgan fingerprint density at radius 3 is 2.10 bits per heavy atom. The second-order valence-electron chi connectivity index (χ2n) is 2.23. The van der Waals surface area contributed by atoms with Crippen LogP contribution in [0.2, 0.25) is 0 Å².